The summed E-state index contributed by atoms with van der Waals surface area (Å²) >= 11 is 0. The van der Waals surface area contributed by atoms with E-state index in [2.05, 4.69) is 35.8 Å². The second-order valence-electron chi connectivity index (χ2n) is 23.9. The molecule has 532 valence electrons. The van der Waals surface area contributed by atoms with Gasteiger partial charge in [-0.2, -0.15) is 48.3 Å². The number of hydrogen-bond donors (Lipinski definition) is 0. The summed E-state index contributed by atoms with van der Waals surface area (Å²) in [5.41, 5.74) is -1.07. The van der Waals surface area contributed by atoms with E-state index in [1.807, 2.05) is 0 Å². The number of esters is 6. The summed E-state index contributed by atoms with van der Waals surface area (Å²) in [7, 11) is -24.5. The van der Waals surface area contributed by atoms with Gasteiger partial charge in [-0.1, -0.05) is 44.5 Å². The molecule has 8 aliphatic rings. The third kappa shape index (κ3) is 24.9. The molecule has 0 aromatic heterocycles. The van der Waals surface area contributed by atoms with E-state index in [4.69, 9.17) is 18.9 Å². The number of carbonyl (C=O) groups excluding carboxylic acids is 6. The standard InChI is InChI=1S/2C18H24F2O7S.C12H9F5O5S.C7H10F2O5S.3Cs.Rb/c2*1-9(2)15(21)27-17-6-11-4-12(7-17)14(13(5-11)8-17)16(22)26-10(3)18(19,20)28(23,24)25;1-2-7-3-5-8(6-4-7)9(18)22-10(11(13,14)15)12(16,17)23(19,20)21;1-4(2)6(10)14-5(3)7(8,9)15(11,12)13;;;;/h2*10-14H,1,4-8H2,2-3H3,(H,23,24,25);2-6,10H,1H2,(H,19,20,21);5H,1H2,2-3H3,(H,11,12,13);;;;/q;;;;4*+1/p-4. The molecule has 0 N–H and O–H groups in total. The van der Waals surface area contributed by atoms with Gasteiger partial charge in [0.05, 0.1) is 17.4 Å². The molecule has 1 aromatic rings. The summed E-state index contributed by atoms with van der Waals surface area (Å²) in [4.78, 5) is 71.4. The van der Waals surface area contributed by atoms with Crippen LogP contribution in [0, 0.1) is 47.3 Å². The topological polar surface area (TPSA) is 387 Å². The van der Waals surface area contributed by atoms with Crippen molar-refractivity contribution in [1.29, 1.82) is 0 Å². The minimum atomic E-state index is -6.72. The minimum absolute atomic E-state index is 0. The van der Waals surface area contributed by atoms with E-state index < -0.39 is 157 Å². The molecule has 0 heterocycles. The Bertz CT molecular complexity index is 3460. The summed E-state index contributed by atoms with van der Waals surface area (Å²) in [5.74, 6) is -7.55. The van der Waals surface area contributed by atoms with Crippen molar-refractivity contribution in [3.63, 3.8) is 0 Å². The van der Waals surface area contributed by atoms with Crippen molar-refractivity contribution in [2.45, 2.75) is 169 Å². The molecular weight excluding hydrogens is 1870 g/mol. The predicted octanol–water partition coefficient (Wildman–Crippen LogP) is -4.06. The quantitative estimate of drug-likeness (QED) is 0.0372. The van der Waals surface area contributed by atoms with Crippen LogP contribution < -0.4 is 265 Å². The average molecular weight is 1930 g/mol. The number of ether oxygens (including phenoxy) is 6. The molecule has 0 spiro atoms. The Morgan fingerprint density at radius 3 is 1.00 bits per heavy atom. The van der Waals surface area contributed by atoms with Crippen molar-refractivity contribution >= 4 is 82.4 Å². The Morgan fingerprint density at radius 1 is 0.480 bits per heavy atom. The van der Waals surface area contributed by atoms with Gasteiger partial charge in [0.2, 0.25) is 0 Å². The summed E-state index contributed by atoms with van der Waals surface area (Å²) in [6.45, 7) is 19.9. The smallest absolute Gasteiger partial charge is 0.743 e. The van der Waals surface area contributed by atoms with Crippen LogP contribution in [0.2, 0.25) is 0 Å². The van der Waals surface area contributed by atoms with Gasteiger partial charge in [-0.25, -0.2) is 52.8 Å². The van der Waals surface area contributed by atoms with Gasteiger partial charge >= 0.3 is 328 Å². The number of benzene rings is 1. The minimum Gasteiger partial charge on any atom is -0.743 e. The largest absolute Gasteiger partial charge is 1.00 e. The first kappa shape index (κ1) is 99.8. The first-order valence-electron chi connectivity index (χ1n) is 27.7. The molecule has 43 heteroatoms. The number of hydrogen-bond acceptors (Lipinski definition) is 24. The zero-order valence-corrected chi connectivity index (χ0v) is 81.3. The van der Waals surface area contributed by atoms with Gasteiger partial charge in [-0.15, -0.1) is 0 Å². The summed E-state index contributed by atoms with van der Waals surface area (Å²) in [6, 6.07) is 4.37. The zero-order chi connectivity index (χ0) is 72.6. The molecule has 8 saturated carbocycles. The fourth-order valence-corrected chi connectivity index (χ4v) is 14.3. The SMILES string of the molecule is C=C(C)C(=O)OC(C)C(F)(F)S(=O)(=O)[O-].C=C(C)C(=O)OC12CC3CC(C1)C(C(=O)OC(C)C(F)(F)S(=O)(=O)[O-])C(C3)C2.C=C(C)C(=O)OC12CC3CC(C1)C(C(=O)OC(C)C(F)(F)S(=O)(=O)[O-])C(C3)C2.C=Cc1ccc(C(=O)OC(C(F)(F)F)C(F)(F)S(=O)(=O)[O-])cc1.[Cs+].[Cs+].[Cs+].[Rb+]. The summed E-state index contributed by atoms with van der Waals surface area (Å²) < 4.78 is 298. The third-order valence-corrected chi connectivity index (χ3v) is 20.4. The van der Waals surface area contributed by atoms with Crippen LogP contribution in [-0.4, -0.2) is 151 Å². The van der Waals surface area contributed by atoms with Crippen LogP contribution in [0.25, 0.3) is 6.08 Å². The molecule has 24 nitrogen and oxygen atoms in total. The Balaban J connectivity index is 0.00000129. The van der Waals surface area contributed by atoms with E-state index in [0.29, 0.717) is 90.5 Å². The van der Waals surface area contributed by atoms with Crippen molar-refractivity contribution in [3.8, 4) is 0 Å². The van der Waals surface area contributed by atoms with Crippen LogP contribution in [0.3, 0.4) is 0 Å². The first-order valence-corrected chi connectivity index (χ1v) is 33.3. The average Bonchev–Trinajstić information content (AvgIpc) is 0.734. The van der Waals surface area contributed by atoms with Gasteiger partial charge in [-0.05, 0) is 159 Å². The predicted molar refractivity (Wildman–Crippen MR) is 293 cm³/mol. The Hall–Kier alpha value is 1.83. The first-order chi connectivity index (χ1) is 42.3. The molecule has 1 aromatic carbocycles. The molecule has 0 saturated heterocycles. The molecule has 9 rings (SSSR count). The zero-order valence-electron chi connectivity index (χ0n) is 54.3. The van der Waals surface area contributed by atoms with E-state index in [-0.39, 0.29) is 317 Å². The van der Waals surface area contributed by atoms with Gasteiger partial charge in [0.1, 0.15) is 11.2 Å². The normalized spacial score (nSPS) is 25.7. The molecule has 8 bridgehead atoms. The second-order valence-corrected chi connectivity index (χ2v) is 29.7. The Morgan fingerprint density at radius 2 is 0.755 bits per heavy atom. The van der Waals surface area contributed by atoms with Crippen molar-refractivity contribution in [2.24, 2.45) is 47.3 Å². The van der Waals surface area contributed by atoms with Gasteiger partial charge in [0.15, 0.2) is 58.8 Å². The van der Waals surface area contributed by atoms with Crippen molar-refractivity contribution in [3.05, 3.63) is 78.4 Å². The van der Waals surface area contributed by atoms with Crippen LogP contribution in [0.4, 0.5) is 48.3 Å². The van der Waals surface area contributed by atoms with E-state index in [0.717, 1.165) is 12.1 Å². The van der Waals surface area contributed by atoms with E-state index in [1.165, 1.54) is 25.1 Å². The van der Waals surface area contributed by atoms with Gasteiger partial charge < -0.3 is 46.6 Å². The van der Waals surface area contributed by atoms with Gasteiger partial charge in [0, 0.05) is 16.7 Å². The van der Waals surface area contributed by atoms with Crippen LogP contribution in [0.5, 0.6) is 0 Å². The molecule has 8 aliphatic carbocycles. The van der Waals surface area contributed by atoms with E-state index in [1.54, 1.807) is 13.8 Å². The third-order valence-electron chi connectivity index (χ3n) is 16.5. The van der Waals surface area contributed by atoms with Crippen LogP contribution in [0.15, 0.2) is 67.3 Å². The van der Waals surface area contributed by atoms with Crippen molar-refractivity contribution < 1.29 is 422 Å². The fourth-order valence-electron chi connectivity index (χ4n) is 12.5. The van der Waals surface area contributed by atoms with E-state index >= 15 is 0 Å². The molecule has 8 atom stereocenters. The molecule has 98 heavy (non-hydrogen) atoms. The maximum absolute atomic E-state index is 13.6. The Labute approximate surface area is 783 Å². The van der Waals surface area contributed by atoms with E-state index in [9.17, 15) is 129 Å². The number of carbonyl (C=O) groups is 6. The van der Waals surface area contributed by atoms with Crippen molar-refractivity contribution in [2.75, 3.05) is 0 Å². The molecule has 0 amide bonds. The van der Waals surface area contributed by atoms with Crippen molar-refractivity contribution in [1.82, 2.24) is 0 Å². The van der Waals surface area contributed by atoms with Gasteiger partial charge in [0.25, 0.3) is 6.10 Å². The van der Waals surface area contributed by atoms with Crippen LogP contribution in [-0.2, 0) is 92.9 Å². The van der Waals surface area contributed by atoms with Crippen LogP contribution in [0.1, 0.15) is 122 Å². The Kier molecular flexibility index (Phi) is 38.7. The maximum Gasteiger partial charge on any atom is 1.00 e. The number of alkyl halides is 11. The molecule has 8 unspecified atom stereocenters. The fraction of sp³-hybridized carbons (Fsp3) is 0.636. The molecule has 8 fully saturated rings. The number of halogens is 11. The molecular formula is C55H63Cs3F11O24RbS4. The number of rotatable bonds is 21. The van der Waals surface area contributed by atoms with Crippen LogP contribution >= 0.6 is 0 Å². The second kappa shape index (κ2) is 38.0. The summed E-state index contributed by atoms with van der Waals surface area (Å²) in [6.07, 6.45) is -10.4. The summed E-state index contributed by atoms with van der Waals surface area (Å²) in [5, 5.41) is -19.9. The molecule has 0 aliphatic heterocycles. The molecule has 0 radical (unpaired) electrons. The monoisotopic (exact) mass is 1930 g/mol. The van der Waals surface area contributed by atoms with Gasteiger partial charge in [-0.3, -0.25) is 9.59 Å². The maximum atomic E-state index is 13.6.